The molecule has 0 unspecified atom stereocenters. The molecule has 1 amide bonds. The van der Waals surface area contributed by atoms with Crippen LogP contribution >= 0.6 is 0 Å². The van der Waals surface area contributed by atoms with Crippen molar-refractivity contribution >= 4 is 21.4 Å². The van der Waals surface area contributed by atoms with Gasteiger partial charge in [-0.3, -0.25) is 4.79 Å². The van der Waals surface area contributed by atoms with Crippen LogP contribution in [0.25, 0.3) is 0 Å². The molecule has 0 saturated heterocycles. The molecule has 1 heterocycles. The number of hydrogen-bond donors (Lipinski definition) is 1. The monoisotopic (exact) mass is 319 g/mol. The van der Waals surface area contributed by atoms with Gasteiger partial charge in [0.25, 0.3) is 5.91 Å². The smallest absolute Gasteiger partial charge is 0.255 e. The van der Waals surface area contributed by atoms with Gasteiger partial charge in [0.1, 0.15) is 5.82 Å². The first kappa shape index (κ1) is 16.1. The highest BCUT2D eigenvalue weighted by atomic mass is 32.2. The molecule has 0 fully saturated rings. The van der Waals surface area contributed by atoms with Crippen molar-refractivity contribution in [3.8, 4) is 0 Å². The molecule has 7 heteroatoms. The highest BCUT2D eigenvalue weighted by Gasteiger charge is 2.11. The van der Waals surface area contributed by atoms with Crippen molar-refractivity contribution in [2.45, 2.75) is 24.7 Å². The molecular formula is C15H17N3O3S. The molecule has 116 valence electrons. The fourth-order valence-electron chi connectivity index (χ4n) is 1.76. The summed E-state index contributed by atoms with van der Waals surface area (Å²) in [5, 5.41) is 2.67. The van der Waals surface area contributed by atoms with Crippen LogP contribution in [0.1, 0.15) is 35.9 Å². The van der Waals surface area contributed by atoms with Crippen molar-refractivity contribution in [1.29, 1.82) is 0 Å². The predicted molar refractivity (Wildman–Crippen MR) is 83.6 cm³/mol. The van der Waals surface area contributed by atoms with E-state index in [1.165, 1.54) is 24.3 Å². The van der Waals surface area contributed by atoms with Crippen LogP contribution in [0.3, 0.4) is 0 Å². The second kappa shape index (κ2) is 6.23. The fraction of sp³-hybridized carbons (Fsp3) is 0.267. The molecule has 0 aliphatic rings. The van der Waals surface area contributed by atoms with Gasteiger partial charge < -0.3 is 5.32 Å². The van der Waals surface area contributed by atoms with E-state index in [-0.39, 0.29) is 16.7 Å². The Morgan fingerprint density at radius 3 is 2.09 bits per heavy atom. The highest BCUT2D eigenvalue weighted by molar-refractivity contribution is 7.90. The Kier molecular flexibility index (Phi) is 4.56. The molecule has 0 saturated carbocycles. The summed E-state index contributed by atoms with van der Waals surface area (Å²) in [6.07, 6.45) is 4.21. The number of anilines is 1. The lowest BCUT2D eigenvalue weighted by atomic mass is 10.2. The third-order valence-corrected chi connectivity index (χ3v) is 4.12. The molecule has 6 nitrogen and oxygen atoms in total. The number of sulfone groups is 1. The van der Waals surface area contributed by atoms with Gasteiger partial charge in [-0.25, -0.2) is 18.4 Å². The molecule has 0 atom stereocenters. The quantitative estimate of drug-likeness (QED) is 0.933. The Hall–Kier alpha value is -2.28. The number of amides is 1. The van der Waals surface area contributed by atoms with Crippen LogP contribution in [0.15, 0.2) is 41.6 Å². The maximum atomic E-state index is 12.1. The molecule has 0 radical (unpaired) electrons. The Bertz CT molecular complexity index is 767. The molecule has 2 aromatic rings. The van der Waals surface area contributed by atoms with E-state index in [4.69, 9.17) is 0 Å². The van der Waals surface area contributed by atoms with E-state index < -0.39 is 9.84 Å². The number of nitrogens with zero attached hydrogens (tertiary/aromatic N) is 2. The van der Waals surface area contributed by atoms with Crippen molar-refractivity contribution < 1.29 is 13.2 Å². The van der Waals surface area contributed by atoms with Crippen molar-refractivity contribution in [2.24, 2.45) is 0 Å². The number of aromatic nitrogens is 2. The predicted octanol–water partition coefficient (Wildman–Crippen LogP) is 2.26. The first-order valence-electron chi connectivity index (χ1n) is 6.71. The minimum atomic E-state index is -3.27. The Balaban J connectivity index is 2.12. The van der Waals surface area contributed by atoms with Crippen LogP contribution in [-0.2, 0) is 9.84 Å². The van der Waals surface area contributed by atoms with Gasteiger partial charge in [0.2, 0.25) is 0 Å². The first-order chi connectivity index (χ1) is 10.3. The number of carbonyl (C=O) groups is 1. The number of hydrogen-bond acceptors (Lipinski definition) is 5. The van der Waals surface area contributed by atoms with Crippen molar-refractivity contribution in [3.63, 3.8) is 0 Å². The van der Waals surface area contributed by atoms with Crippen LogP contribution in [0.4, 0.5) is 5.69 Å². The zero-order chi connectivity index (χ0) is 16.3. The Morgan fingerprint density at radius 1 is 1.09 bits per heavy atom. The average molecular weight is 319 g/mol. The molecule has 0 aliphatic heterocycles. The van der Waals surface area contributed by atoms with E-state index in [9.17, 15) is 13.2 Å². The molecule has 2 rings (SSSR count). The lowest BCUT2D eigenvalue weighted by Gasteiger charge is -2.07. The molecule has 1 aromatic heterocycles. The van der Waals surface area contributed by atoms with Crippen molar-refractivity contribution in [2.75, 3.05) is 11.6 Å². The number of carbonyl (C=O) groups excluding carboxylic acids is 1. The molecule has 22 heavy (non-hydrogen) atoms. The number of nitrogens with one attached hydrogen (secondary N) is 1. The van der Waals surface area contributed by atoms with E-state index in [0.717, 1.165) is 6.26 Å². The van der Waals surface area contributed by atoms with Gasteiger partial charge in [-0.15, -0.1) is 0 Å². The van der Waals surface area contributed by atoms with Gasteiger partial charge in [-0.05, 0) is 24.3 Å². The number of rotatable bonds is 4. The van der Waals surface area contributed by atoms with Gasteiger partial charge in [0.15, 0.2) is 9.84 Å². The van der Waals surface area contributed by atoms with E-state index in [2.05, 4.69) is 15.3 Å². The lowest BCUT2D eigenvalue weighted by molar-refractivity contribution is 0.102. The maximum absolute atomic E-state index is 12.1. The SMILES string of the molecule is CC(C)c1ncc(NC(=O)c2ccc(S(C)(=O)=O)cc2)cn1. The van der Waals surface area contributed by atoms with E-state index >= 15 is 0 Å². The summed E-state index contributed by atoms with van der Waals surface area (Å²) in [6, 6.07) is 5.75. The number of benzene rings is 1. The van der Waals surface area contributed by atoms with E-state index in [1.54, 1.807) is 12.4 Å². The highest BCUT2D eigenvalue weighted by Crippen LogP contribution is 2.13. The summed E-state index contributed by atoms with van der Waals surface area (Å²) in [5.74, 6) is 0.574. The first-order valence-corrected chi connectivity index (χ1v) is 8.60. The zero-order valence-corrected chi connectivity index (χ0v) is 13.4. The summed E-state index contributed by atoms with van der Waals surface area (Å²) in [5.41, 5.74) is 0.849. The topological polar surface area (TPSA) is 89.0 Å². The summed E-state index contributed by atoms with van der Waals surface area (Å²) in [4.78, 5) is 20.6. The van der Waals surface area contributed by atoms with Crippen molar-refractivity contribution in [3.05, 3.63) is 48.0 Å². The van der Waals surface area contributed by atoms with Crippen molar-refractivity contribution in [1.82, 2.24) is 9.97 Å². The molecule has 1 aromatic carbocycles. The molecule has 0 bridgehead atoms. The Morgan fingerprint density at radius 2 is 1.64 bits per heavy atom. The third-order valence-electron chi connectivity index (χ3n) is 2.99. The summed E-state index contributed by atoms with van der Waals surface area (Å²) < 4.78 is 22.7. The minimum Gasteiger partial charge on any atom is -0.319 e. The zero-order valence-electron chi connectivity index (χ0n) is 12.6. The van der Waals surface area contributed by atoms with Crippen LogP contribution in [0.2, 0.25) is 0 Å². The summed E-state index contributed by atoms with van der Waals surface area (Å²) in [6.45, 7) is 3.97. The Labute approximate surface area is 129 Å². The fourth-order valence-corrected chi connectivity index (χ4v) is 2.39. The summed E-state index contributed by atoms with van der Waals surface area (Å²) in [7, 11) is -3.27. The third kappa shape index (κ3) is 3.88. The van der Waals surface area contributed by atoms with Gasteiger partial charge >= 0.3 is 0 Å². The van der Waals surface area contributed by atoms with Gasteiger partial charge in [-0.2, -0.15) is 0 Å². The average Bonchev–Trinajstić information content (AvgIpc) is 2.47. The van der Waals surface area contributed by atoms with Crippen LogP contribution in [-0.4, -0.2) is 30.5 Å². The minimum absolute atomic E-state index is 0.175. The van der Waals surface area contributed by atoms with Crippen LogP contribution in [0, 0.1) is 0 Å². The lowest BCUT2D eigenvalue weighted by Crippen LogP contribution is -2.13. The largest absolute Gasteiger partial charge is 0.319 e. The van der Waals surface area contributed by atoms with Gasteiger partial charge in [-0.1, -0.05) is 13.8 Å². The second-order valence-corrected chi connectivity index (χ2v) is 7.25. The standard InChI is InChI=1S/C15H17N3O3S/c1-10(2)14-16-8-12(9-17-14)18-15(19)11-4-6-13(7-5-11)22(3,20)21/h4-10H,1-3H3,(H,18,19). The maximum Gasteiger partial charge on any atom is 0.255 e. The van der Waals surface area contributed by atoms with E-state index in [1.807, 2.05) is 13.8 Å². The normalized spacial score (nSPS) is 11.5. The molecule has 1 N–H and O–H groups in total. The van der Waals surface area contributed by atoms with E-state index in [0.29, 0.717) is 17.1 Å². The van der Waals surface area contributed by atoms with Gasteiger partial charge in [0.05, 0.1) is 23.0 Å². The molecule has 0 spiro atoms. The summed E-state index contributed by atoms with van der Waals surface area (Å²) >= 11 is 0. The molecular weight excluding hydrogens is 302 g/mol. The van der Waals surface area contributed by atoms with Crippen LogP contribution < -0.4 is 5.32 Å². The van der Waals surface area contributed by atoms with Gasteiger partial charge in [0, 0.05) is 17.7 Å². The molecule has 0 aliphatic carbocycles. The van der Waals surface area contributed by atoms with Crippen LogP contribution in [0.5, 0.6) is 0 Å². The second-order valence-electron chi connectivity index (χ2n) is 5.24.